The summed E-state index contributed by atoms with van der Waals surface area (Å²) >= 11 is 0. The molecule has 0 aliphatic carbocycles. The van der Waals surface area contributed by atoms with Gasteiger partial charge in [-0.3, -0.25) is 9.69 Å². The molecule has 2 rings (SSSR count). The SMILES string of the molecule is CC(=O)NCC1CCN(C(C)c2cccc(N)c2)CC1. The van der Waals surface area contributed by atoms with Gasteiger partial charge in [-0.2, -0.15) is 0 Å². The summed E-state index contributed by atoms with van der Waals surface area (Å²) in [6.45, 7) is 6.80. The number of hydrogen-bond acceptors (Lipinski definition) is 3. The van der Waals surface area contributed by atoms with Crippen molar-refractivity contribution in [1.82, 2.24) is 10.2 Å². The van der Waals surface area contributed by atoms with Crippen molar-refractivity contribution in [3.05, 3.63) is 29.8 Å². The average Bonchev–Trinajstić information content (AvgIpc) is 2.45. The van der Waals surface area contributed by atoms with E-state index in [-0.39, 0.29) is 5.91 Å². The number of nitrogens with one attached hydrogen (secondary N) is 1. The molecule has 0 saturated carbocycles. The van der Waals surface area contributed by atoms with E-state index in [2.05, 4.69) is 29.3 Å². The van der Waals surface area contributed by atoms with Gasteiger partial charge in [0.1, 0.15) is 0 Å². The van der Waals surface area contributed by atoms with Crippen molar-refractivity contribution >= 4 is 11.6 Å². The molecule has 1 aliphatic heterocycles. The molecule has 1 fully saturated rings. The first-order valence-corrected chi connectivity index (χ1v) is 7.40. The number of likely N-dealkylation sites (tertiary alicyclic amines) is 1. The van der Waals surface area contributed by atoms with Crippen molar-refractivity contribution in [2.75, 3.05) is 25.4 Å². The van der Waals surface area contributed by atoms with Gasteiger partial charge in [0, 0.05) is 25.2 Å². The van der Waals surface area contributed by atoms with Crippen LogP contribution in [0.4, 0.5) is 5.69 Å². The molecular weight excluding hydrogens is 250 g/mol. The van der Waals surface area contributed by atoms with Crippen LogP contribution in [-0.4, -0.2) is 30.4 Å². The minimum Gasteiger partial charge on any atom is -0.399 e. The zero-order valence-corrected chi connectivity index (χ0v) is 12.4. The quantitative estimate of drug-likeness (QED) is 0.828. The largest absolute Gasteiger partial charge is 0.399 e. The Labute approximate surface area is 121 Å². The third-order valence-electron chi connectivity index (χ3n) is 4.23. The van der Waals surface area contributed by atoms with Crippen LogP contribution in [0.1, 0.15) is 38.3 Å². The van der Waals surface area contributed by atoms with Crippen molar-refractivity contribution < 1.29 is 4.79 Å². The number of nitrogens with two attached hydrogens (primary N) is 1. The van der Waals surface area contributed by atoms with Crippen LogP contribution < -0.4 is 11.1 Å². The van der Waals surface area contributed by atoms with E-state index in [0.717, 1.165) is 38.2 Å². The topological polar surface area (TPSA) is 58.4 Å². The summed E-state index contributed by atoms with van der Waals surface area (Å²) in [5, 5.41) is 2.92. The standard InChI is InChI=1S/C16H25N3O/c1-12(15-4-3-5-16(17)10-15)19-8-6-14(7-9-19)11-18-13(2)20/h3-5,10,12,14H,6-9,11,17H2,1-2H3,(H,18,20). The fourth-order valence-corrected chi connectivity index (χ4v) is 2.86. The first kappa shape index (κ1) is 14.9. The molecule has 4 heteroatoms. The molecule has 1 atom stereocenters. The number of nitrogens with zero attached hydrogens (tertiary/aromatic N) is 1. The Morgan fingerprint density at radius 1 is 1.45 bits per heavy atom. The van der Waals surface area contributed by atoms with Crippen molar-refractivity contribution in [2.45, 2.75) is 32.7 Å². The number of hydrogen-bond donors (Lipinski definition) is 2. The first-order valence-electron chi connectivity index (χ1n) is 7.40. The van der Waals surface area contributed by atoms with E-state index in [1.54, 1.807) is 6.92 Å². The summed E-state index contributed by atoms with van der Waals surface area (Å²) in [6, 6.07) is 8.55. The maximum atomic E-state index is 10.9. The van der Waals surface area contributed by atoms with Crippen LogP contribution in [0.25, 0.3) is 0 Å². The lowest BCUT2D eigenvalue weighted by molar-refractivity contribution is -0.119. The van der Waals surface area contributed by atoms with Crippen LogP contribution in [0.3, 0.4) is 0 Å². The summed E-state index contributed by atoms with van der Waals surface area (Å²) in [4.78, 5) is 13.4. The van der Waals surface area contributed by atoms with E-state index >= 15 is 0 Å². The van der Waals surface area contributed by atoms with Crippen molar-refractivity contribution in [3.63, 3.8) is 0 Å². The zero-order chi connectivity index (χ0) is 14.5. The Morgan fingerprint density at radius 2 is 2.15 bits per heavy atom. The highest BCUT2D eigenvalue weighted by Crippen LogP contribution is 2.27. The number of amides is 1. The van der Waals surface area contributed by atoms with Crippen LogP contribution in [0.5, 0.6) is 0 Å². The minimum absolute atomic E-state index is 0.0700. The summed E-state index contributed by atoms with van der Waals surface area (Å²) in [7, 11) is 0. The van der Waals surface area contributed by atoms with Gasteiger partial charge in [0.15, 0.2) is 0 Å². The number of anilines is 1. The van der Waals surface area contributed by atoms with E-state index in [1.807, 2.05) is 12.1 Å². The Morgan fingerprint density at radius 3 is 2.75 bits per heavy atom. The average molecular weight is 275 g/mol. The van der Waals surface area contributed by atoms with E-state index < -0.39 is 0 Å². The molecule has 1 heterocycles. The second-order valence-corrected chi connectivity index (χ2v) is 5.76. The van der Waals surface area contributed by atoms with Gasteiger partial charge in [0.05, 0.1) is 0 Å². The fraction of sp³-hybridized carbons (Fsp3) is 0.562. The minimum atomic E-state index is 0.0700. The molecule has 1 aromatic carbocycles. The summed E-state index contributed by atoms with van der Waals surface area (Å²) < 4.78 is 0. The second kappa shape index (κ2) is 6.75. The molecule has 4 nitrogen and oxygen atoms in total. The monoisotopic (exact) mass is 275 g/mol. The normalized spacial score (nSPS) is 18.7. The summed E-state index contributed by atoms with van der Waals surface area (Å²) in [6.07, 6.45) is 2.29. The molecular formula is C16H25N3O. The van der Waals surface area contributed by atoms with Gasteiger partial charge in [0.25, 0.3) is 0 Å². The molecule has 20 heavy (non-hydrogen) atoms. The van der Waals surface area contributed by atoms with Gasteiger partial charge in [0.2, 0.25) is 5.91 Å². The number of carbonyl (C=O) groups is 1. The lowest BCUT2D eigenvalue weighted by Gasteiger charge is -2.36. The highest BCUT2D eigenvalue weighted by atomic mass is 16.1. The maximum absolute atomic E-state index is 10.9. The van der Waals surface area contributed by atoms with Gasteiger partial charge in [-0.15, -0.1) is 0 Å². The second-order valence-electron chi connectivity index (χ2n) is 5.76. The number of benzene rings is 1. The number of nitrogen functional groups attached to an aromatic ring is 1. The van der Waals surface area contributed by atoms with Crippen LogP contribution in [0.15, 0.2) is 24.3 Å². The molecule has 3 N–H and O–H groups in total. The molecule has 1 unspecified atom stereocenters. The molecule has 0 radical (unpaired) electrons. The van der Waals surface area contributed by atoms with Crippen molar-refractivity contribution in [1.29, 1.82) is 0 Å². The van der Waals surface area contributed by atoms with Gasteiger partial charge >= 0.3 is 0 Å². The zero-order valence-electron chi connectivity index (χ0n) is 12.4. The molecule has 1 saturated heterocycles. The number of rotatable bonds is 4. The van der Waals surface area contributed by atoms with Gasteiger partial charge in [-0.1, -0.05) is 12.1 Å². The predicted octanol–water partition coefficient (Wildman–Crippen LogP) is 2.18. The Balaban J connectivity index is 1.85. The van der Waals surface area contributed by atoms with Gasteiger partial charge < -0.3 is 11.1 Å². The number of piperidine rings is 1. The molecule has 0 aromatic heterocycles. The van der Waals surface area contributed by atoms with E-state index in [9.17, 15) is 4.79 Å². The maximum Gasteiger partial charge on any atom is 0.216 e. The third kappa shape index (κ3) is 3.97. The van der Waals surface area contributed by atoms with Gasteiger partial charge in [-0.05, 0) is 56.5 Å². The Hall–Kier alpha value is -1.55. The van der Waals surface area contributed by atoms with E-state index in [0.29, 0.717) is 12.0 Å². The van der Waals surface area contributed by atoms with E-state index in [4.69, 9.17) is 5.73 Å². The highest BCUT2D eigenvalue weighted by molar-refractivity contribution is 5.72. The third-order valence-corrected chi connectivity index (χ3v) is 4.23. The molecule has 1 aliphatic rings. The van der Waals surface area contributed by atoms with Crippen LogP contribution in [0, 0.1) is 5.92 Å². The molecule has 1 aromatic rings. The van der Waals surface area contributed by atoms with Crippen LogP contribution >= 0.6 is 0 Å². The van der Waals surface area contributed by atoms with Crippen LogP contribution in [-0.2, 0) is 4.79 Å². The molecule has 0 spiro atoms. The fourth-order valence-electron chi connectivity index (χ4n) is 2.86. The Bertz CT molecular complexity index is 453. The lowest BCUT2D eigenvalue weighted by Crippen LogP contribution is -2.39. The smallest absolute Gasteiger partial charge is 0.216 e. The molecule has 1 amide bonds. The molecule has 0 bridgehead atoms. The first-order chi connectivity index (χ1) is 9.56. The summed E-state index contributed by atoms with van der Waals surface area (Å²) in [5.41, 5.74) is 7.97. The van der Waals surface area contributed by atoms with Crippen molar-refractivity contribution in [2.24, 2.45) is 5.92 Å². The Kier molecular flexibility index (Phi) is 5.01. The van der Waals surface area contributed by atoms with Crippen LogP contribution in [0.2, 0.25) is 0 Å². The highest BCUT2D eigenvalue weighted by Gasteiger charge is 2.23. The number of carbonyl (C=O) groups excluding carboxylic acids is 1. The predicted molar refractivity (Wildman–Crippen MR) is 82.3 cm³/mol. The summed E-state index contributed by atoms with van der Waals surface area (Å²) in [5.74, 6) is 0.684. The van der Waals surface area contributed by atoms with Gasteiger partial charge in [-0.25, -0.2) is 0 Å². The molecule has 110 valence electrons. The lowest BCUT2D eigenvalue weighted by atomic mass is 9.94. The van der Waals surface area contributed by atoms with Crippen molar-refractivity contribution in [3.8, 4) is 0 Å². The van der Waals surface area contributed by atoms with E-state index in [1.165, 1.54) is 5.56 Å².